The lowest BCUT2D eigenvalue weighted by atomic mass is 9.94. The van der Waals surface area contributed by atoms with Crippen LogP contribution in [-0.4, -0.2) is 45.3 Å². The van der Waals surface area contributed by atoms with Gasteiger partial charge >= 0.3 is 5.69 Å². The van der Waals surface area contributed by atoms with Crippen LogP contribution >= 0.6 is 0 Å². The van der Waals surface area contributed by atoms with Crippen molar-refractivity contribution in [1.82, 2.24) is 9.24 Å². The molecule has 1 aromatic heterocycles. The van der Waals surface area contributed by atoms with Crippen molar-refractivity contribution in [2.75, 3.05) is 30.4 Å². The first-order valence-corrected chi connectivity index (χ1v) is 9.14. The first-order valence-electron chi connectivity index (χ1n) is 9.14. The average Bonchev–Trinajstić information content (AvgIpc) is 3.47. The number of rotatable bonds is 3. The SMILES string of the molecule is Cc1c(N2CCC(O)C(CO)C2)c(F)cc2c(=O)n(N)c(=O)n(C3CC3)c12. The van der Waals surface area contributed by atoms with Gasteiger partial charge in [-0.25, -0.2) is 9.18 Å². The molecule has 1 aromatic carbocycles. The van der Waals surface area contributed by atoms with Gasteiger partial charge in [-0.05, 0) is 32.3 Å². The minimum absolute atomic E-state index is 0.0409. The molecule has 1 saturated carbocycles. The number of fused-ring (bicyclic) bond motifs is 1. The summed E-state index contributed by atoms with van der Waals surface area (Å²) in [6.45, 7) is 2.21. The van der Waals surface area contributed by atoms with Crippen LogP contribution in [0.4, 0.5) is 10.1 Å². The highest BCUT2D eigenvalue weighted by molar-refractivity contribution is 5.87. The van der Waals surface area contributed by atoms with Gasteiger partial charge in [0.05, 0.1) is 29.3 Å². The Hall–Kier alpha value is -2.39. The summed E-state index contributed by atoms with van der Waals surface area (Å²) in [5.41, 5.74) is -0.103. The summed E-state index contributed by atoms with van der Waals surface area (Å²) in [5.74, 6) is 4.67. The second-order valence-corrected chi connectivity index (χ2v) is 7.53. The second kappa shape index (κ2) is 6.35. The number of piperidine rings is 1. The minimum Gasteiger partial charge on any atom is -0.396 e. The monoisotopic (exact) mass is 378 g/mol. The van der Waals surface area contributed by atoms with Crippen molar-refractivity contribution < 1.29 is 14.6 Å². The molecule has 8 nitrogen and oxygen atoms in total. The Kier molecular flexibility index (Phi) is 4.23. The predicted molar refractivity (Wildman–Crippen MR) is 99.0 cm³/mol. The molecule has 0 radical (unpaired) electrons. The maximum absolute atomic E-state index is 15.0. The molecule has 4 N–H and O–H groups in total. The fraction of sp³-hybridized carbons (Fsp3) is 0.556. The fourth-order valence-electron chi connectivity index (χ4n) is 4.12. The molecule has 146 valence electrons. The first kappa shape index (κ1) is 18.0. The summed E-state index contributed by atoms with van der Waals surface area (Å²) in [6, 6.07) is 1.10. The number of aryl methyl sites for hydroxylation is 1. The Morgan fingerprint density at radius 3 is 2.63 bits per heavy atom. The maximum atomic E-state index is 15.0. The first-order chi connectivity index (χ1) is 12.8. The van der Waals surface area contributed by atoms with Gasteiger partial charge in [-0.1, -0.05) is 0 Å². The zero-order chi connectivity index (χ0) is 19.5. The molecule has 0 spiro atoms. The van der Waals surface area contributed by atoms with E-state index in [0.29, 0.717) is 41.0 Å². The standard InChI is InChI=1S/C18H23FN4O4/c1-9-15-12(17(26)23(20)18(27)22(15)11-2-3-11)6-13(19)16(9)21-5-4-14(25)10(7-21)8-24/h6,10-11,14,24-25H,2-5,7-8,20H2,1H3. The molecule has 2 fully saturated rings. The van der Waals surface area contributed by atoms with Gasteiger partial charge in [-0.15, -0.1) is 0 Å². The summed E-state index contributed by atoms with van der Waals surface area (Å²) >= 11 is 0. The molecule has 2 unspecified atom stereocenters. The number of aromatic nitrogens is 2. The molecule has 0 amide bonds. The van der Waals surface area contributed by atoms with E-state index in [-0.39, 0.29) is 24.0 Å². The summed E-state index contributed by atoms with van der Waals surface area (Å²) < 4.78 is 17.0. The van der Waals surface area contributed by atoms with Crippen molar-refractivity contribution in [3.8, 4) is 0 Å². The summed E-state index contributed by atoms with van der Waals surface area (Å²) in [6.07, 6.45) is 1.38. The molecule has 1 aliphatic carbocycles. The van der Waals surface area contributed by atoms with Crippen molar-refractivity contribution in [2.45, 2.75) is 38.3 Å². The number of anilines is 1. The van der Waals surface area contributed by atoms with E-state index in [1.807, 2.05) is 0 Å². The van der Waals surface area contributed by atoms with E-state index in [2.05, 4.69) is 0 Å². The number of aliphatic hydroxyl groups excluding tert-OH is 2. The van der Waals surface area contributed by atoms with Crippen LogP contribution in [0, 0.1) is 18.7 Å². The molecular formula is C18H23FN4O4. The normalized spacial score (nSPS) is 23.2. The molecule has 2 atom stereocenters. The molecule has 2 aromatic rings. The van der Waals surface area contributed by atoms with Gasteiger partial charge in [-0.2, -0.15) is 4.68 Å². The van der Waals surface area contributed by atoms with Gasteiger partial charge in [0.15, 0.2) is 0 Å². The third-order valence-electron chi connectivity index (χ3n) is 5.72. The minimum atomic E-state index is -0.720. The van der Waals surface area contributed by atoms with Crippen molar-refractivity contribution >= 4 is 16.6 Å². The molecule has 2 aliphatic rings. The number of nitrogens with zero attached hydrogens (tertiary/aromatic N) is 3. The maximum Gasteiger partial charge on any atom is 0.350 e. The van der Waals surface area contributed by atoms with Crippen LogP contribution in [0.3, 0.4) is 0 Å². The number of nitrogens with two attached hydrogens (primary N) is 1. The second-order valence-electron chi connectivity index (χ2n) is 7.53. The topological polar surface area (TPSA) is 114 Å². The highest BCUT2D eigenvalue weighted by Gasteiger charge is 2.33. The third-order valence-corrected chi connectivity index (χ3v) is 5.72. The lowest BCUT2D eigenvalue weighted by Gasteiger charge is -2.37. The predicted octanol–water partition coefficient (Wildman–Crippen LogP) is -0.161. The van der Waals surface area contributed by atoms with Gasteiger partial charge in [0, 0.05) is 30.6 Å². The van der Waals surface area contributed by atoms with Crippen LogP contribution in [0.5, 0.6) is 0 Å². The number of halogens is 1. The molecule has 1 saturated heterocycles. The van der Waals surface area contributed by atoms with Crippen LogP contribution in [0.2, 0.25) is 0 Å². The van der Waals surface area contributed by atoms with Gasteiger partial charge in [0.1, 0.15) is 5.82 Å². The average molecular weight is 378 g/mol. The van der Waals surface area contributed by atoms with Crippen molar-refractivity contribution in [2.24, 2.45) is 5.92 Å². The highest BCUT2D eigenvalue weighted by Crippen LogP contribution is 2.39. The number of benzene rings is 1. The van der Waals surface area contributed by atoms with Gasteiger partial charge in [-0.3, -0.25) is 9.36 Å². The number of hydrogen-bond acceptors (Lipinski definition) is 6. The van der Waals surface area contributed by atoms with Crippen molar-refractivity contribution in [3.05, 3.63) is 38.3 Å². The van der Waals surface area contributed by atoms with Crippen LogP contribution in [0.25, 0.3) is 10.9 Å². The largest absolute Gasteiger partial charge is 0.396 e. The van der Waals surface area contributed by atoms with Crippen molar-refractivity contribution in [3.63, 3.8) is 0 Å². The molecule has 2 heterocycles. The Morgan fingerprint density at radius 2 is 2.00 bits per heavy atom. The van der Waals surface area contributed by atoms with Gasteiger partial charge in [0.25, 0.3) is 5.56 Å². The molecular weight excluding hydrogens is 355 g/mol. The van der Waals surface area contributed by atoms with Crippen molar-refractivity contribution in [1.29, 1.82) is 0 Å². The summed E-state index contributed by atoms with van der Waals surface area (Å²) in [7, 11) is 0. The molecule has 9 heteroatoms. The van der Waals surface area contributed by atoms with E-state index in [0.717, 1.165) is 18.9 Å². The lowest BCUT2D eigenvalue weighted by Crippen LogP contribution is -2.46. The number of hydrogen-bond donors (Lipinski definition) is 3. The quantitative estimate of drug-likeness (QED) is 0.640. The lowest BCUT2D eigenvalue weighted by molar-refractivity contribution is 0.0524. The Balaban J connectivity index is 1.96. The molecule has 27 heavy (non-hydrogen) atoms. The van der Waals surface area contributed by atoms with Crippen LogP contribution in [-0.2, 0) is 0 Å². The fourth-order valence-corrected chi connectivity index (χ4v) is 4.12. The Labute approximate surface area is 154 Å². The van der Waals surface area contributed by atoms with E-state index >= 15 is 4.39 Å². The summed E-state index contributed by atoms with van der Waals surface area (Å²) in [4.78, 5) is 26.8. The van der Waals surface area contributed by atoms with E-state index in [9.17, 15) is 19.8 Å². The third kappa shape index (κ3) is 2.72. The van der Waals surface area contributed by atoms with Gasteiger partial charge < -0.3 is 21.0 Å². The van der Waals surface area contributed by atoms with E-state index in [1.54, 1.807) is 11.8 Å². The van der Waals surface area contributed by atoms with E-state index in [1.165, 1.54) is 4.57 Å². The van der Waals surface area contributed by atoms with Crippen LogP contribution in [0.1, 0.15) is 30.9 Å². The van der Waals surface area contributed by atoms with E-state index < -0.39 is 23.2 Å². The van der Waals surface area contributed by atoms with Gasteiger partial charge in [0.2, 0.25) is 0 Å². The van der Waals surface area contributed by atoms with Crippen LogP contribution < -0.4 is 22.0 Å². The van der Waals surface area contributed by atoms with Crippen LogP contribution in [0.15, 0.2) is 15.7 Å². The smallest absolute Gasteiger partial charge is 0.350 e. The Bertz CT molecular complexity index is 1030. The van der Waals surface area contributed by atoms with E-state index in [4.69, 9.17) is 5.84 Å². The zero-order valence-electron chi connectivity index (χ0n) is 15.1. The molecule has 0 bridgehead atoms. The zero-order valence-corrected chi connectivity index (χ0v) is 15.1. The molecule has 1 aliphatic heterocycles. The number of nitrogen functional groups attached to an aromatic ring is 1. The Morgan fingerprint density at radius 1 is 1.30 bits per heavy atom. The summed E-state index contributed by atoms with van der Waals surface area (Å²) in [5, 5.41) is 19.6. The molecule has 4 rings (SSSR count). The number of aliphatic hydroxyl groups is 2. The highest BCUT2D eigenvalue weighted by atomic mass is 19.1.